The van der Waals surface area contributed by atoms with E-state index < -0.39 is 11.9 Å². The summed E-state index contributed by atoms with van der Waals surface area (Å²) in [6.45, 7) is 1.93. The van der Waals surface area contributed by atoms with E-state index in [1.165, 1.54) is 0 Å². The quantitative estimate of drug-likeness (QED) is 0.386. The Morgan fingerprint density at radius 1 is 1.26 bits per heavy atom. The number of hydrogen-bond acceptors (Lipinski definition) is 4. The van der Waals surface area contributed by atoms with Crippen LogP contribution in [0.5, 0.6) is 0 Å². The van der Waals surface area contributed by atoms with E-state index in [0.717, 1.165) is 23.1 Å². The molecule has 1 aromatic carbocycles. The molecule has 1 saturated carbocycles. The number of hydrogen-bond donors (Lipinski definition) is 2. The van der Waals surface area contributed by atoms with E-state index in [1.54, 1.807) is 12.1 Å². The van der Waals surface area contributed by atoms with E-state index in [-0.39, 0.29) is 24.0 Å². The van der Waals surface area contributed by atoms with Crippen molar-refractivity contribution in [3.8, 4) is 0 Å². The number of ketones is 1. The molecule has 1 heterocycles. The molecule has 1 aromatic rings. The first-order valence-electron chi connectivity index (χ1n) is 7.95. The van der Waals surface area contributed by atoms with Gasteiger partial charge in [-0.3, -0.25) is 20.0 Å². The number of carbonyl (C=O) groups excluding carboxylic acids is 2. The van der Waals surface area contributed by atoms with Gasteiger partial charge in [-0.2, -0.15) is 0 Å². The molecular weight excluding hydrogens is 296 g/mol. The van der Waals surface area contributed by atoms with Crippen LogP contribution in [-0.2, 0) is 4.79 Å². The van der Waals surface area contributed by atoms with Crippen molar-refractivity contribution >= 4 is 17.4 Å². The van der Waals surface area contributed by atoms with E-state index in [2.05, 4.69) is 0 Å². The lowest BCUT2D eigenvalue weighted by Gasteiger charge is -2.34. The van der Waals surface area contributed by atoms with Gasteiger partial charge in [-0.1, -0.05) is 36.2 Å². The first kappa shape index (κ1) is 15.7. The molecule has 0 bridgehead atoms. The van der Waals surface area contributed by atoms with E-state index in [9.17, 15) is 20.0 Å². The van der Waals surface area contributed by atoms with Gasteiger partial charge in [-0.15, -0.1) is 0 Å². The zero-order chi connectivity index (χ0) is 16.6. The van der Waals surface area contributed by atoms with Crippen molar-refractivity contribution in [2.75, 3.05) is 0 Å². The molecule has 0 radical (unpaired) electrons. The van der Waals surface area contributed by atoms with Gasteiger partial charge < -0.3 is 0 Å². The number of amides is 1. The summed E-state index contributed by atoms with van der Waals surface area (Å²) >= 11 is 0. The standard InChI is InChI=1S/C17H21N2O4/c1-11-6-8-12(9-7-11)16(20)10-15-17(21)19(23)14-5-3-2-4-13(14)18(15)22/h6-9,13-14,22-23H,2-5,10H2,1H3/q+1. The number of hydroxylamine groups is 3. The summed E-state index contributed by atoms with van der Waals surface area (Å²) in [5.74, 6) is -0.939. The minimum atomic E-state index is -0.684. The van der Waals surface area contributed by atoms with Crippen LogP contribution in [0.15, 0.2) is 24.3 Å². The molecule has 6 heteroatoms. The fourth-order valence-corrected chi connectivity index (χ4v) is 3.39. The molecule has 23 heavy (non-hydrogen) atoms. The highest BCUT2D eigenvalue weighted by Gasteiger charge is 2.50. The maximum atomic E-state index is 12.4. The van der Waals surface area contributed by atoms with Crippen LogP contribution in [0.4, 0.5) is 0 Å². The molecule has 0 aromatic heterocycles. The molecule has 0 saturated heterocycles. The van der Waals surface area contributed by atoms with Gasteiger partial charge in [-0.25, -0.2) is 5.06 Å². The zero-order valence-corrected chi connectivity index (χ0v) is 13.1. The molecule has 2 unspecified atom stereocenters. The van der Waals surface area contributed by atoms with Crippen molar-refractivity contribution in [3.63, 3.8) is 0 Å². The minimum Gasteiger partial charge on any atom is -0.294 e. The Morgan fingerprint density at radius 2 is 1.91 bits per heavy atom. The molecule has 1 fully saturated rings. The second-order valence-electron chi connectivity index (χ2n) is 6.33. The predicted molar refractivity (Wildman–Crippen MR) is 81.9 cm³/mol. The van der Waals surface area contributed by atoms with E-state index >= 15 is 0 Å². The fourth-order valence-electron chi connectivity index (χ4n) is 3.39. The zero-order valence-electron chi connectivity index (χ0n) is 13.1. The van der Waals surface area contributed by atoms with Crippen LogP contribution in [0.1, 0.15) is 48.0 Å². The molecule has 1 amide bonds. The van der Waals surface area contributed by atoms with Crippen LogP contribution in [0.2, 0.25) is 0 Å². The van der Waals surface area contributed by atoms with Crippen molar-refractivity contribution in [1.29, 1.82) is 0 Å². The summed E-state index contributed by atoms with van der Waals surface area (Å²) in [7, 11) is 0. The predicted octanol–water partition coefficient (Wildman–Crippen LogP) is 1.95. The van der Waals surface area contributed by atoms with Crippen LogP contribution >= 0.6 is 0 Å². The Morgan fingerprint density at radius 3 is 2.61 bits per heavy atom. The van der Waals surface area contributed by atoms with Crippen LogP contribution in [0.25, 0.3) is 0 Å². The second-order valence-corrected chi connectivity index (χ2v) is 6.33. The largest absolute Gasteiger partial charge is 0.342 e. The highest BCUT2D eigenvalue weighted by molar-refractivity contribution is 6.40. The molecular formula is C17H21N2O4+. The van der Waals surface area contributed by atoms with Gasteiger partial charge >= 0.3 is 11.6 Å². The number of nitrogens with zero attached hydrogens (tertiary/aromatic N) is 2. The SMILES string of the molecule is Cc1ccc(C(=O)CC2=[N+](O)C3CCCCC3N(O)C2=O)cc1. The van der Waals surface area contributed by atoms with Crippen LogP contribution in [-0.4, -0.2) is 49.7 Å². The number of carbonyl (C=O) groups is 2. The highest BCUT2D eigenvalue weighted by atomic mass is 16.5. The number of benzene rings is 1. The average molecular weight is 317 g/mol. The summed E-state index contributed by atoms with van der Waals surface area (Å²) in [4.78, 5) is 24.7. The summed E-state index contributed by atoms with van der Waals surface area (Å²) in [6.07, 6.45) is 2.96. The normalized spacial score (nSPS) is 24.6. The second kappa shape index (κ2) is 6.12. The van der Waals surface area contributed by atoms with E-state index in [1.807, 2.05) is 19.1 Å². The third-order valence-corrected chi connectivity index (χ3v) is 4.76. The van der Waals surface area contributed by atoms with Crippen molar-refractivity contribution in [2.45, 2.75) is 51.1 Å². The van der Waals surface area contributed by atoms with Gasteiger partial charge in [0.25, 0.3) is 0 Å². The lowest BCUT2D eigenvalue weighted by Crippen LogP contribution is -2.59. The van der Waals surface area contributed by atoms with Gasteiger partial charge in [0.1, 0.15) is 12.5 Å². The molecule has 1 aliphatic carbocycles. The topological polar surface area (TPSA) is 80.8 Å². The Hall–Kier alpha value is -2.21. The Bertz CT molecular complexity index is 666. The molecule has 2 N–H and O–H groups in total. The van der Waals surface area contributed by atoms with Gasteiger partial charge in [-0.05, 0) is 24.5 Å². The van der Waals surface area contributed by atoms with E-state index in [4.69, 9.17) is 0 Å². The maximum Gasteiger partial charge on any atom is 0.342 e. The summed E-state index contributed by atoms with van der Waals surface area (Å²) < 4.78 is 0.922. The smallest absolute Gasteiger partial charge is 0.294 e. The molecule has 6 nitrogen and oxygen atoms in total. The Labute approximate surface area is 134 Å². The molecule has 3 rings (SSSR count). The van der Waals surface area contributed by atoms with E-state index in [0.29, 0.717) is 23.5 Å². The monoisotopic (exact) mass is 317 g/mol. The number of rotatable bonds is 3. The van der Waals surface area contributed by atoms with Crippen LogP contribution in [0, 0.1) is 6.92 Å². The van der Waals surface area contributed by atoms with Crippen LogP contribution in [0.3, 0.4) is 0 Å². The molecule has 122 valence electrons. The van der Waals surface area contributed by atoms with Crippen molar-refractivity contribution < 1.29 is 24.7 Å². The van der Waals surface area contributed by atoms with Crippen molar-refractivity contribution in [1.82, 2.24) is 5.06 Å². The molecule has 0 spiro atoms. The third-order valence-electron chi connectivity index (χ3n) is 4.76. The maximum absolute atomic E-state index is 12.4. The minimum absolute atomic E-state index is 0.0544. The van der Waals surface area contributed by atoms with Crippen molar-refractivity contribution in [2.24, 2.45) is 0 Å². The van der Waals surface area contributed by atoms with Crippen molar-refractivity contribution in [3.05, 3.63) is 35.4 Å². The lowest BCUT2D eigenvalue weighted by molar-refractivity contribution is -0.806. The first-order chi connectivity index (χ1) is 11.0. The van der Waals surface area contributed by atoms with Gasteiger partial charge in [0.05, 0.1) is 0 Å². The summed E-state index contributed by atoms with van der Waals surface area (Å²) in [5, 5.41) is 21.2. The number of Topliss-reactive ketones (excluding diaryl/α,β-unsaturated/α-hetero) is 1. The molecule has 2 atom stereocenters. The van der Waals surface area contributed by atoms with Gasteiger partial charge in [0, 0.05) is 12.0 Å². The van der Waals surface area contributed by atoms with Gasteiger partial charge in [0.2, 0.25) is 6.04 Å². The molecule has 1 aliphatic heterocycles. The first-order valence-corrected chi connectivity index (χ1v) is 7.95. The summed E-state index contributed by atoms with van der Waals surface area (Å²) in [5.41, 5.74) is 1.47. The fraction of sp³-hybridized carbons (Fsp3) is 0.471. The number of aryl methyl sites for hydroxylation is 1. The third kappa shape index (κ3) is 2.86. The Balaban J connectivity index is 1.86. The Kier molecular flexibility index (Phi) is 4.17. The molecule has 2 aliphatic rings. The highest BCUT2D eigenvalue weighted by Crippen LogP contribution is 2.27. The summed E-state index contributed by atoms with van der Waals surface area (Å²) in [6, 6.07) is 6.31. The average Bonchev–Trinajstić information content (AvgIpc) is 2.57. The van der Waals surface area contributed by atoms with Gasteiger partial charge in [0.15, 0.2) is 5.78 Å². The lowest BCUT2D eigenvalue weighted by atomic mass is 9.88. The number of fused-ring (bicyclic) bond motifs is 1. The van der Waals surface area contributed by atoms with Crippen LogP contribution < -0.4 is 0 Å².